The molecular formula is C18H22N4O3. The van der Waals surface area contributed by atoms with Crippen LogP contribution in [0.15, 0.2) is 35.1 Å². The van der Waals surface area contributed by atoms with Gasteiger partial charge in [0.05, 0.1) is 24.6 Å². The lowest BCUT2D eigenvalue weighted by Gasteiger charge is -2.37. The van der Waals surface area contributed by atoms with Crippen molar-refractivity contribution in [2.45, 2.75) is 32.5 Å². The number of amides is 1. The van der Waals surface area contributed by atoms with E-state index < -0.39 is 0 Å². The maximum absolute atomic E-state index is 12.7. The van der Waals surface area contributed by atoms with E-state index in [1.54, 1.807) is 11.8 Å². The van der Waals surface area contributed by atoms with Crippen LogP contribution in [0.1, 0.15) is 30.0 Å². The molecule has 0 spiro atoms. The van der Waals surface area contributed by atoms with Crippen LogP contribution in [0.5, 0.6) is 0 Å². The molecule has 3 N–H and O–H groups in total. The number of nitrogens with one attached hydrogen (secondary N) is 1. The van der Waals surface area contributed by atoms with Gasteiger partial charge in [-0.3, -0.25) is 9.59 Å². The normalized spacial score (nSPS) is 20.5. The minimum absolute atomic E-state index is 0.0668. The molecule has 0 saturated carbocycles. The summed E-state index contributed by atoms with van der Waals surface area (Å²) in [5.74, 6) is 0.386. The molecule has 1 fully saturated rings. The highest BCUT2D eigenvalue weighted by Crippen LogP contribution is 2.25. The summed E-state index contributed by atoms with van der Waals surface area (Å²) in [6, 6.07) is 9.80. The number of H-pyrrole nitrogens is 1. The van der Waals surface area contributed by atoms with Gasteiger partial charge in [0.15, 0.2) is 0 Å². The number of benzene rings is 1. The van der Waals surface area contributed by atoms with E-state index in [0.29, 0.717) is 18.9 Å². The minimum Gasteiger partial charge on any atom is -0.383 e. The topological polar surface area (TPSA) is 101 Å². The second-order valence-electron chi connectivity index (χ2n) is 6.34. The van der Waals surface area contributed by atoms with E-state index in [0.717, 1.165) is 5.56 Å². The summed E-state index contributed by atoms with van der Waals surface area (Å²) in [7, 11) is 0. The number of aryl methyl sites for hydroxylation is 1. The number of aromatic amines is 1. The van der Waals surface area contributed by atoms with Crippen molar-refractivity contribution in [3.8, 4) is 0 Å². The van der Waals surface area contributed by atoms with Crippen LogP contribution >= 0.6 is 0 Å². The Morgan fingerprint density at radius 1 is 1.36 bits per heavy atom. The lowest BCUT2D eigenvalue weighted by Crippen LogP contribution is -2.47. The Bertz CT molecular complexity index is 819. The van der Waals surface area contributed by atoms with Gasteiger partial charge in [-0.15, -0.1) is 0 Å². The number of rotatable bonds is 3. The first-order valence-electron chi connectivity index (χ1n) is 8.27. The molecule has 1 aliphatic rings. The zero-order valence-corrected chi connectivity index (χ0v) is 14.4. The molecule has 1 aromatic heterocycles. The van der Waals surface area contributed by atoms with Crippen LogP contribution in [-0.2, 0) is 16.0 Å². The summed E-state index contributed by atoms with van der Waals surface area (Å²) in [5.41, 5.74) is 6.70. The second-order valence-corrected chi connectivity index (χ2v) is 6.34. The lowest BCUT2D eigenvalue weighted by atomic mass is 10.1. The fourth-order valence-electron chi connectivity index (χ4n) is 3.07. The van der Waals surface area contributed by atoms with Gasteiger partial charge in [0.1, 0.15) is 17.7 Å². The number of carbonyl (C=O) groups excluding carboxylic acids is 1. The van der Waals surface area contributed by atoms with Gasteiger partial charge in [0.25, 0.3) is 5.56 Å². The maximum atomic E-state index is 12.7. The standard InChI is InChI=1S/C18H22N4O3/c1-11-9-22(10-15(25-11)13-6-4-3-5-7-13)16(23)8-14-17(19)20-12(2)21-18(14)24/h3-7,11,15H,8-10H2,1-2H3,(H3,19,20,21,24)/t11-,15-/m0/s1. The Kier molecular flexibility index (Phi) is 4.85. The first kappa shape index (κ1) is 17.2. The zero-order chi connectivity index (χ0) is 18.0. The summed E-state index contributed by atoms with van der Waals surface area (Å²) in [5, 5.41) is 0. The molecule has 2 heterocycles. The molecule has 0 unspecified atom stereocenters. The van der Waals surface area contributed by atoms with Crippen LogP contribution in [0.2, 0.25) is 0 Å². The number of aromatic nitrogens is 2. The van der Waals surface area contributed by atoms with Gasteiger partial charge < -0.3 is 20.4 Å². The third kappa shape index (κ3) is 3.88. The number of carbonyl (C=O) groups is 1. The summed E-state index contributed by atoms with van der Waals surface area (Å²) in [6.45, 7) is 4.52. The predicted octanol–water partition coefficient (Wildman–Crippen LogP) is 1.19. The molecule has 0 radical (unpaired) electrons. The van der Waals surface area contributed by atoms with Crippen molar-refractivity contribution in [3.63, 3.8) is 0 Å². The van der Waals surface area contributed by atoms with Crippen molar-refractivity contribution in [2.75, 3.05) is 18.8 Å². The number of ether oxygens (including phenoxy) is 1. The molecule has 132 valence electrons. The molecular weight excluding hydrogens is 320 g/mol. The fourth-order valence-corrected chi connectivity index (χ4v) is 3.07. The largest absolute Gasteiger partial charge is 0.383 e. The second kappa shape index (κ2) is 7.06. The Balaban J connectivity index is 1.77. The molecule has 1 aromatic carbocycles. The van der Waals surface area contributed by atoms with Gasteiger partial charge in [0.2, 0.25) is 5.91 Å². The van der Waals surface area contributed by atoms with Crippen LogP contribution in [0.25, 0.3) is 0 Å². The molecule has 1 aliphatic heterocycles. The van der Waals surface area contributed by atoms with Gasteiger partial charge in [-0.05, 0) is 19.4 Å². The number of hydrogen-bond donors (Lipinski definition) is 2. The third-order valence-corrected chi connectivity index (χ3v) is 4.28. The summed E-state index contributed by atoms with van der Waals surface area (Å²) >= 11 is 0. The van der Waals surface area contributed by atoms with Crippen molar-refractivity contribution in [3.05, 3.63) is 57.6 Å². The lowest BCUT2D eigenvalue weighted by molar-refractivity contribution is -0.144. The van der Waals surface area contributed by atoms with Gasteiger partial charge in [-0.25, -0.2) is 4.98 Å². The van der Waals surface area contributed by atoms with Crippen LogP contribution in [-0.4, -0.2) is 40.0 Å². The molecule has 7 nitrogen and oxygen atoms in total. The van der Waals surface area contributed by atoms with Crippen LogP contribution in [0, 0.1) is 6.92 Å². The molecule has 0 aliphatic carbocycles. The van der Waals surface area contributed by atoms with Crippen LogP contribution in [0.4, 0.5) is 5.82 Å². The highest BCUT2D eigenvalue weighted by molar-refractivity contribution is 5.80. The van der Waals surface area contributed by atoms with Gasteiger partial charge in [-0.2, -0.15) is 0 Å². The molecule has 1 saturated heterocycles. The average molecular weight is 342 g/mol. The SMILES string of the molecule is Cc1nc(N)c(CC(=O)N2C[C@@H](c3ccccc3)O[C@@H](C)C2)c(=O)[nH]1. The molecule has 25 heavy (non-hydrogen) atoms. The molecule has 2 atom stereocenters. The Morgan fingerprint density at radius 3 is 2.76 bits per heavy atom. The third-order valence-electron chi connectivity index (χ3n) is 4.28. The van der Waals surface area contributed by atoms with Crippen molar-refractivity contribution in [1.82, 2.24) is 14.9 Å². The number of hydrogen-bond acceptors (Lipinski definition) is 5. The Morgan fingerprint density at radius 2 is 2.08 bits per heavy atom. The van der Waals surface area contributed by atoms with Crippen LogP contribution in [0.3, 0.4) is 0 Å². The van der Waals surface area contributed by atoms with Crippen molar-refractivity contribution in [1.29, 1.82) is 0 Å². The Hall–Kier alpha value is -2.67. The van der Waals surface area contributed by atoms with E-state index in [1.165, 1.54) is 0 Å². The zero-order valence-electron chi connectivity index (χ0n) is 14.4. The van der Waals surface area contributed by atoms with E-state index in [-0.39, 0.29) is 41.5 Å². The van der Waals surface area contributed by atoms with Crippen molar-refractivity contribution >= 4 is 11.7 Å². The van der Waals surface area contributed by atoms with E-state index in [1.807, 2.05) is 37.3 Å². The van der Waals surface area contributed by atoms with Gasteiger partial charge in [0, 0.05) is 6.54 Å². The summed E-state index contributed by atoms with van der Waals surface area (Å²) < 4.78 is 5.97. The number of nitrogen functional groups attached to an aromatic ring is 1. The minimum atomic E-state index is -0.362. The van der Waals surface area contributed by atoms with Gasteiger partial charge in [-0.1, -0.05) is 30.3 Å². The summed E-state index contributed by atoms with van der Waals surface area (Å²) in [4.78, 5) is 33.1. The molecule has 0 bridgehead atoms. The van der Waals surface area contributed by atoms with Crippen molar-refractivity contribution < 1.29 is 9.53 Å². The van der Waals surface area contributed by atoms with Crippen LogP contribution < -0.4 is 11.3 Å². The number of morpholine rings is 1. The Labute approximate surface area is 145 Å². The molecule has 3 rings (SSSR count). The smallest absolute Gasteiger partial charge is 0.256 e. The van der Waals surface area contributed by atoms with E-state index >= 15 is 0 Å². The average Bonchev–Trinajstić information content (AvgIpc) is 2.58. The van der Waals surface area contributed by atoms with E-state index in [9.17, 15) is 9.59 Å². The van der Waals surface area contributed by atoms with E-state index in [4.69, 9.17) is 10.5 Å². The van der Waals surface area contributed by atoms with Gasteiger partial charge >= 0.3 is 0 Å². The quantitative estimate of drug-likeness (QED) is 0.872. The summed E-state index contributed by atoms with van der Waals surface area (Å²) in [6.07, 6.45) is -0.335. The first-order valence-corrected chi connectivity index (χ1v) is 8.27. The number of nitrogens with zero attached hydrogens (tertiary/aromatic N) is 2. The van der Waals surface area contributed by atoms with Crippen molar-refractivity contribution in [2.24, 2.45) is 0 Å². The van der Waals surface area contributed by atoms with E-state index in [2.05, 4.69) is 9.97 Å². The first-order chi connectivity index (χ1) is 11.9. The monoisotopic (exact) mass is 342 g/mol. The predicted molar refractivity (Wildman–Crippen MR) is 94.0 cm³/mol. The fraction of sp³-hybridized carbons (Fsp3) is 0.389. The maximum Gasteiger partial charge on any atom is 0.256 e. The highest BCUT2D eigenvalue weighted by atomic mass is 16.5. The molecule has 1 amide bonds. The number of anilines is 1. The number of nitrogens with two attached hydrogens (primary N) is 1. The molecule has 7 heteroatoms. The molecule has 2 aromatic rings. The highest BCUT2D eigenvalue weighted by Gasteiger charge is 2.30.